The Balaban J connectivity index is 2.11. The molecule has 17 heavy (non-hydrogen) atoms. The van der Waals surface area contributed by atoms with E-state index in [4.69, 9.17) is 16.7 Å². The fourth-order valence-electron chi connectivity index (χ4n) is 1.24. The standard InChI is InChI=1S/C12H16ClNO2S/c13-10-3-5-11(6-4-10)17-9-1-2-12(16)14-7-8-15/h3-6,15H,1-2,7-9H2,(H,14,16). The van der Waals surface area contributed by atoms with Gasteiger partial charge in [-0.05, 0) is 36.4 Å². The van der Waals surface area contributed by atoms with Crippen LogP contribution in [0, 0.1) is 0 Å². The maximum atomic E-state index is 11.2. The van der Waals surface area contributed by atoms with Crippen molar-refractivity contribution in [1.82, 2.24) is 5.32 Å². The number of halogens is 1. The van der Waals surface area contributed by atoms with Crippen molar-refractivity contribution in [2.75, 3.05) is 18.9 Å². The topological polar surface area (TPSA) is 49.3 Å². The smallest absolute Gasteiger partial charge is 0.220 e. The third kappa shape index (κ3) is 6.56. The maximum absolute atomic E-state index is 11.2. The number of carbonyl (C=O) groups excluding carboxylic acids is 1. The zero-order valence-corrected chi connectivity index (χ0v) is 11.1. The minimum absolute atomic E-state index is 0.00393. The van der Waals surface area contributed by atoms with Gasteiger partial charge in [-0.2, -0.15) is 0 Å². The Morgan fingerprint density at radius 1 is 1.35 bits per heavy atom. The molecule has 0 radical (unpaired) electrons. The van der Waals surface area contributed by atoms with Crippen LogP contribution in [0.2, 0.25) is 5.02 Å². The van der Waals surface area contributed by atoms with Gasteiger partial charge in [-0.15, -0.1) is 11.8 Å². The van der Waals surface area contributed by atoms with Crippen LogP contribution in [-0.2, 0) is 4.79 Å². The lowest BCUT2D eigenvalue weighted by Crippen LogP contribution is -2.26. The van der Waals surface area contributed by atoms with E-state index in [2.05, 4.69) is 5.32 Å². The molecule has 1 aromatic carbocycles. The average molecular weight is 274 g/mol. The molecule has 0 saturated carbocycles. The van der Waals surface area contributed by atoms with Gasteiger partial charge in [0.2, 0.25) is 5.91 Å². The van der Waals surface area contributed by atoms with Gasteiger partial charge in [0, 0.05) is 22.9 Å². The highest BCUT2D eigenvalue weighted by molar-refractivity contribution is 7.99. The van der Waals surface area contributed by atoms with Crippen LogP contribution in [0.1, 0.15) is 12.8 Å². The molecule has 0 unspecified atom stereocenters. The fourth-order valence-corrected chi connectivity index (χ4v) is 2.22. The van der Waals surface area contributed by atoms with Crippen molar-refractivity contribution in [3.63, 3.8) is 0 Å². The molecule has 0 atom stereocenters. The van der Waals surface area contributed by atoms with E-state index in [9.17, 15) is 4.79 Å². The minimum Gasteiger partial charge on any atom is -0.395 e. The van der Waals surface area contributed by atoms with Crippen molar-refractivity contribution in [2.24, 2.45) is 0 Å². The summed E-state index contributed by atoms with van der Waals surface area (Å²) >= 11 is 7.49. The first-order valence-electron chi connectivity index (χ1n) is 5.48. The maximum Gasteiger partial charge on any atom is 0.220 e. The van der Waals surface area contributed by atoms with Crippen LogP contribution in [0.4, 0.5) is 0 Å². The summed E-state index contributed by atoms with van der Waals surface area (Å²) in [5.41, 5.74) is 0. The van der Waals surface area contributed by atoms with Gasteiger partial charge in [0.05, 0.1) is 6.61 Å². The Labute approximate surface area is 111 Å². The molecule has 0 aliphatic carbocycles. The first kappa shape index (κ1) is 14.4. The molecule has 0 aliphatic heterocycles. The molecule has 2 N–H and O–H groups in total. The van der Waals surface area contributed by atoms with Gasteiger partial charge in [-0.3, -0.25) is 4.79 Å². The molecular formula is C12H16ClNO2S. The number of aliphatic hydroxyl groups excluding tert-OH is 1. The average Bonchev–Trinajstić information content (AvgIpc) is 2.34. The van der Waals surface area contributed by atoms with Gasteiger partial charge >= 0.3 is 0 Å². The second-order valence-corrected chi connectivity index (χ2v) is 5.08. The summed E-state index contributed by atoms with van der Waals surface area (Å²) in [4.78, 5) is 12.4. The Bertz CT molecular complexity index is 343. The Morgan fingerprint density at radius 3 is 2.71 bits per heavy atom. The highest BCUT2D eigenvalue weighted by atomic mass is 35.5. The molecule has 0 saturated heterocycles. The Morgan fingerprint density at radius 2 is 2.06 bits per heavy atom. The first-order valence-corrected chi connectivity index (χ1v) is 6.84. The van der Waals surface area contributed by atoms with Crippen molar-refractivity contribution in [2.45, 2.75) is 17.7 Å². The monoisotopic (exact) mass is 273 g/mol. The van der Waals surface area contributed by atoms with E-state index in [0.717, 1.165) is 22.1 Å². The number of aliphatic hydroxyl groups is 1. The van der Waals surface area contributed by atoms with Crippen molar-refractivity contribution in [3.8, 4) is 0 Å². The van der Waals surface area contributed by atoms with Crippen molar-refractivity contribution in [1.29, 1.82) is 0 Å². The highest BCUT2D eigenvalue weighted by Gasteiger charge is 2.00. The van der Waals surface area contributed by atoms with E-state index < -0.39 is 0 Å². The predicted molar refractivity (Wildman–Crippen MR) is 71.5 cm³/mol. The summed E-state index contributed by atoms with van der Waals surface area (Å²) < 4.78 is 0. The van der Waals surface area contributed by atoms with Gasteiger partial charge < -0.3 is 10.4 Å². The summed E-state index contributed by atoms with van der Waals surface area (Å²) in [7, 11) is 0. The molecule has 94 valence electrons. The fraction of sp³-hybridized carbons (Fsp3) is 0.417. The van der Waals surface area contributed by atoms with E-state index >= 15 is 0 Å². The molecule has 1 amide bonds. The van der Waals surface area contributed by atoms with Gasteiger partial charge in [-0.25, -0.2) is 0 Å². The van der Waals surface area contributed by atoms with Crippen molar-refractivity contribution < 1.29 is 9.90 Å². The van der Waals surface area contributed by atoms with Gasteiger partial charge in [0.25, 0.3) is 0 Å². The van der Waals surface area contributed by atoms with Crippen LogP contribution in [0.3, 0.4) is 0 Å². The lowest BCUT2D eigenvalue weighted by molar-refractivity contribution is -0.121. The van der Waals surface area contributed by atoms with Crippen LogP contribution in [0.15, 0.2) is 29.2 Å². The molecule has 0 fully saturated rings. The summed E-state index contributed by atoms with van der Waals surface area (Å²) in [6.45, 7) is 0.328. The highest BCUT2D eigenvalue weighted by Crippen LogP contribution is 2.21. The molecule has 5 heteroatoms. The van der Waals surface area contributed by atoms with E-state index in [-0.39, 0.29) is 12.5 Å². The number of benzene rings is 1. The molecule has 0 aromatic heterocycles. The van der Waals surface area contributed by atoms with Crippen molar-refractivity contribution >= 4 is 29.3 Å². The summed E-state index contributed by atoms with van der Waals surface area (Å²) in [6, 6.07) is 7.66. The normalized spacial score (nSPS) is 10.2. The Hall–Kier alpha value is -0.710. The minimum atomic E-state index is -0.00867. The summed E-state index contributed by atoms with van der Waals surface area (Å²) in [5, 5.41) is 11.9. The lowest BCUT2D eigenvalue weighted by atomic mass is 10.3. The molecule has 1 aromatic rings. The third-order valence-electron chi connectivity index (χ3n) is 2.06. The summed E-state index contributed by atoms with van der Waals surface area (Å²) in [6.07, 6.45) is 1.32. The van der Waals surface area contributed by atoms with E-state index in [0.29, 0.717) is 13.0 Å². The van der Waals surface area contributed by atoms with E-state index in [1.807, 2.05) is 24.3 Å². The van der Waals surface area contributed by atoms with Crippen LogP contribution in [0.5, 0.6) is 0 Å². The molecule has 3 nitrogen and oxygen atoms in total. The Kier molecular flexibility index (Phi) is 7.08. The molecule has 0 aliphatic rings. The molecule has 0 heterocycles. The van der Waals surface area contributed by atoms with Gasteiger partial charge in [0.1, 0.15) is 0 Å². The molecule has 0 spiro atoms. The second-order valence-electron chi connectivity index (χ2n) is 3.48. The van der Waals surface area contributed by atoms with Crippen LogP contribution in [0.25, 0.3) is 0 Å². The lowest BCUT2D eigenvalue weighted by Gasteiger charge is -2.03. The zero-order chi connectivity index (χ0) is 12.5. The van der Waals surface area contributed by atoms with E-state index in [1.54, 1.807) is 11.8 Å². The van der Waals surface area contributed by atoms with Crippen LogP contribution in [-0.4, -0.2) is 29.9 Å². The zero-order valence-electron chi connectivity index (χ0n) is 9.49. The number of amides is 1. The van der Waals surface area contributed by atoms with Crippen LogP contribution >= 0.6 is 23.4 Å². The predicted octanol–water partition coefficient (Wildman–Crippen LogP) is 2.32. The largest absolute Gasteiger partial charge is 0.395 e. The number of hydrogen-bond acceptors (Lipinski definition) is 3. The third-order valence-corrected chi connectivity index (χ3v) is 3.41. The van der Waals surface area contributed by atoms with Crippen LogP contribution < -0.4 is 5.32 Å². The van der Waals surface area contributed by atoms with E-state index in [1.165, 1.54) is 0 Å². The number of nitrogens with one attached hydrogen (secondary N) is 1. The molecular weight excluding hydrogens is 258 g/mol. The molecule has 0 bridgehead atoms. The second kappa shape index (κ2) is 8.39. The number of rotatable bonds is 7. The van der Waals surface area contributed by atoms with Gasteiger partial charge in [0.15, 0.2) is 0 Å². The first-order chi connectivity index (χ1) is 8.22. The number of thioether (sulfide) groups is 1. The molecule has 1 rings (SSSR count). The number of carbonyl (C=O) groups is 1. The summed E-state index contributed by atoms with van der Waals surface area (Å²) in [5.74, 6) is 0.893. The quantitative estimate of drug-likeness (QED) is 0.592. The number of hydrogen-bond donors (Lipinski definition) is 2. The SMILES string of the molecule is O=C(CCCSc1ccc(Cl)cc1)NCCO. The van der Waals surface area contributed by atoms with Crippen molar-refractivity contribution in [3.05, 3.63) is 29.3 Å². The van der Waals surface area contributed by atoms with Gasteiger partial charge in [-0.1, -0.05) is 11.6 Å².